The van der Waals surface area contributed by atoms with E-state index in [2.05, 4.69) is 21.0 Å². The van der Waals surface area contributed by atoms with Crippen molar-refractivity contribution in [2.45, 2.75) is 96.8 Å². The van der Waals surface area contributed by atoms with E-state index < -0.39 is 0 Å². The van der Waals surface area contributed by atoms with E-state index in [1.54, 1.807) is 0 Å². The van der Waals surface area contributed by atoms with E-state index in [0.29, 0.717) is 6.54 Å². The highest BCUT2D eigenvalue weighted by molar-refractivity contribution is 5.96. The molecule has 1 rings (SSSR count). The fourth-order valence-corrected chi connectivity index (χ4v) is 3.92. The highest BCUT2D eigenvalue weighted by Gasteiger charge is 2.20. The Bertz CT molecular complexity index is 501. The van der Waals surface area contributed by atoms with Gasteiger partial charge in [0.25, 0.3) is 0 Å². The molecule has 1 aromatic carbocycles. The molecule has 0 N–H and O–H groups in total. The molecular formula is C26H46BrNO. The molecular weight excluding hydrogens is 422 g/mol. The van der Waals surface area contributed by atoms with Gasteiger partial charge in [-0.15, -0.1) is 0 Å². The molecule has 2 nitrogen and oxygen atoms in total. The summed E-state index contributed by atoms with van der Waals surface area (Å²) < 4.78 is 0.798. The molecule has 0 atom stereocenters. The van der Waals surface area contributed by atoms with Crippen LogP contribution in [-0.2, 0) is 0 Å². The lowest BCUT2D eigenvalue weighted by atomic mass is 10.0. The normalized spacial score (nSPS) is 11.3. The number of carbonyl (C=O) groups excluding carboxylic acids is 1. The zero-order chi connectivity index (χ0) is 20.5. The fraction of sp³-hybridized carbons (Fsp3) is 0.731. The number of likely N-dealkylation sites (N-methyl/N-ethyl adjacent to an activating group) is 1. The van der Waals surface area contributed by atoms with Crippen LogP contribution in [0.3, 0.4) is 0 Å². The maximum atomic E-state index is 12.4. The Kier molecular flexibility index (Phi) is 17.7. The van der Waals surface area contributed by atoms with Gasteiger partial charge in [-0.05, 0) is 12.8 Å². The molecule has 0 unspecified atom stereocenters. The summed E-state index contributed by atoms with van der Waals surface area (Å²) in [4.78, 5) is 12.4. The summed E-state index contributed by atoms with van der Waals surface area (Å²) in [5.74, 6) is 0.260. The molecule has 0 aliphatic carbocycles. The van der Waals surface area contributed by atoms with E-state index in [-0.39, 0.29) is 22.8 Å². The molecule has 0 fully saturated rings. The van der Waals surface area contributed by atoms with Crippen molar-refractivity contribution in [2.75, 3.05) is 27.2 Å². The van der Waals surface area contributed by atoms with E-state index in [1.165, 1.54) is 89.9 Å². The van der Waals surface area contributed by atoms with Gasteiger partial charge < -0.3 is 21.5 Å². The summed E-state index contributed by atoms with van der Waals surface area (Å²) in [6, 6.07) is 9.71. The number of hydrogen-bond donors (Lipinski definition) is 0. The first-order valence-electron chi connectivity index (χ1n) is 12.0. The summed E-state index contributed by atoms with van der Waals surface area (Å²) >= 11 is 0. The van der Waals surface area contributed by atoms with Crippen LogP contribution in [0.25, 0.3) is 0 Å². The van der Waals surface area contributed by atoms with Gasteiger partial charge in [0.2, 0.25) is 5.78 Å². The minimum Gasteiger partial charge on any atom is -1.00 e. The Morgan fingerprint density at radius 2 is 1.10 bits per heavy atom. The number of halogens is 1. The van der Waals surface area contributed by atoms with Crippen LogP contribution >= 0.6 is 0 Å². The first-order valence-corrected chi connectivity index (χ1v) is 12.0. The van der Waals surface area contributed by atoms with Crippen LogP contribution in [0.2, 0.25) is 0 Å². The van der Waals surface area contributed by atoms with Gasteiger partial charge in [0.1, 0.15) is 6.54 Å². The lowest BCUT2D eigenvalue weighted by molar-refractivity contribution is -0.882. The number of nitrogens with zero attached hydrogens (tertiary/aromatic N) is 1. The summed E-state index contributed by atoms with van der Waals surface area (Å²) in [6.45, 7) is 3.98. The molecule has 0 aromatic heterocycles. The minimum atomic E-state index is 0. The summed E-state index contributed by atoms with van der Waals surface area (Å²) in [6.07, 6.45) is 19.5. The predicted molar refractivity (Wildman–Crippen MR) is 123 cm³/mol. The zero-order valence-electron chi connectivity index (χ0n) is 19.4. The maximum absolute atomic E-state index is 12.4. The quantitative estimate of drug-likeness (QED) is 0.177. The molecule has 0 heterocycles. The van der Waals surface area contributed by atoms with Crippen molar-refractivity contribution in [3.05, 3.63) is 35.9 Å². The molecule has 168 valence electrons. The van der Waals surface area contributed by atoms with Crippen LogP contribution in [-0.4, -0.2) is 37.5 Å². The van der Waals surface area contributed by atoms with Crippen LogP contribution in [0, 0.1) is 0 Å². The topological polar surface area (TPSA) is 17.1 Å². The number of quaternary nitrogens is 1. The van der Waals surface area contributed by atoms with E-state index in [9.17, 15) is 4.79 Å². The van der Waals surface area contributed by atoms with Crippen LogP contribution in [0.5, 0.6) is 0 Å². The third-order valence-electron chi connectivity index (χ3n) is 5.78. The molecule has 3 heteroatoms. The SMILES string of the molecule is CCCCCCCCCCCCCCCC[N+](C)(C)CC(=O)c1ccccc1.[Br-]. The zero-order valence-corrected chi connectivity index (χ0v) is 21.0. The van der Waals surface area contributed by atoms with Gasteiger partial charge in [-0.2, -0.15) is 0 Å². The number of unbranched alkanes of at least 4 members (excludes halogenated alkanes) is 13. The van der Waals surface area contributed by atoms with Gasteiger partial charge in [-0.1, -0.05) is 114 Å². The molecule has 1 aromatic rings. The van der Waals surface area contributed by atoms with E-state index in [4.69, 9.17) is 0 Å². The molecule has 29 heavy (non-hydrogen) atoms. The Hall–Kier alpha value is -0.670. The average molecular weight is 469 g/mol. The Morgan fingerprint density at radius 3 is 1.55 bits per heavy atom. The highest BCUT2D eigenvalue weighted by atomic mass is 79.9. The standard InChI is InChI=1S/C26H46NO.BrH/c1-4-5-6-7-8-9-10-11-12-13-14-15-16-20-23-27(2,3)24-26(28)25-21-18-17-19-22-25;/h17-19,21-22H,4-16,20,23-24H2,1-3H3;1H/q+1;/p-1. The van der Waals surface area contributed by atoms with Crippen molar-refractivity contribution in [3.8, 4) is 0 Å². The third kappa shape index (κ3) is 15.8. The monoisotopic (exact) mass is 467 g/mol. The van der Waals surface area contributed by atoms with Gasteiger partial charge >= 0.3 is 0 Å². The third-order valence-corrected chi connectivity index (χ3v) is 5.78. The van der Waals surface area contributed by atoms with Crippen molar-refractivity contribution in [2.24, 2.45) is 0 Å². The minimum absolute atomic E-state index is 0. The second-order valence-electron chi connectivity index (χ2n) is 9.20. The van der Waals surface area contributed by atoms with Crippen molar-refractivity contribution in [1.82, 2.24) is 0 Å². The smallest absolute Gasteiger partial charge is 0.216 e. The molecule has 0 aliphatic heterocycles. The van der Waals surface area contributed by atoms with Crippen LogP contribution in [0.4, 0.5) is 0 Å². The first-order chi connectivity index (χ1) is 13.5. The van der Waals surface area contributed by atoms with Crippen molar-refractivity contribution in [1.29, 1.82) is 0 Å². The highest BCUT2D eigenvalue weighted by Crippen LogP contribution is 2.14. The molecule has 0 aliphatic rings. The number of carbonyl (C=O) groups is 1. The first kappa shape index (κ1) is 28.3. The maximum Gasteiger partial charge on any atom is 0.216 e. The molecule has 0 saturated carbocycles. The van der Waals surface area contributed by atoms with Crippen LogP contribution < -0.4 is 17.0 Å². The number of rotatable bonds is 18. The van der Waals surface area contributed by atoms with Crippen LogP contribution in [0.15, 0.2) is 30.3 Å². The lowest BCUT2D eigenvalue weighted by Crippen LogP contribution is -3.00. The average Bonchev–Trinajstić information content (AvgIpc) is 2.68. The Labute approximate surface area is 191 Å². The number of benzene rings is 1. The second kappa shape index (κ2) is 18.1. The molecule has 0 bridgehead atoms. The summed E-state index contributed by atoms with van der Waals surface area (Å²) in [5.41, 5.74) is 0.842. The number of Topliss-reactive ketones (excluding diaryl/α,β-unsaturated/α-hetero) is 1. The number of ketones is 1. The number of hydrogen-bond acceptors (Lipinski definition) is 1. The molecule has 0 amide bonds. The predicted octanol–water partition coefficient (Wildman–Crippen LogP) is 4.43. The van der Waals surface area contributed by atoms with Crippen molar-refractivity contribution in [3.63, 3.8) is 0 Å². The molecule has 0 spiro atoms. The van der Waals surface area contributed by atoms with Crippen molar-refractivity contribution < 1.29 is 26.3 Å². The largest absolute Gasteiger partial charge is 1.00 e. The van der Waals surface area contributed by atoms with Gasteiger partial charge in [0.15, 0.2) is 0 Å². The molecule has 0 radical (unpaired) electrons. The lowest BCUT2D eigenvalue weighted by Gasteiger charge is -2.29. The Morgan fingerprint density at radius 1 is 0.690 bits per heavy atom. The summed E-state index contributed by atoms with van der Waals surface area (Å²) in [5, 5.41) is 0. The summed E-state index contributed by atoms with van der Waals surface area (Å²) in [7, 11) is 4.37. The van der Waals surface area contributed by atoms with E-state index >= 15 is 0 Å². The molecule has 0 saturated heterocycles. The van der Waals surface area contributed by atoms with E-state index in [0.717, 1.165) is 16.6 Å². The van der Waals surface area contributed by atoms with Gasteiger partial charge in [0, 0.05) is 5.56 Å². The fourth-order valence-electron chi connectivity index (χ4n) is 3.92. The van der Waals surface area contributed by atoms with E-state index in [1.807, 2.05) is 30.3 Å². The van der Waals surface area contributed by atoms with Gasteiger partial charge in [-0.3, -0.25) is 4.79 Å². The van der Waals surface area contributed by atoms with Gasteiger partial charge in [-0.25, -0.2) is 0 Å². The second-order valence-corrected chi connectivity index (χ2v) is 9.20. The van der Waals surface area contributed by atoms with Crippen LogP contribution in [0.1, 0.15) is 107 Å². The van der Waals surface area contributed by atoms with Gasteiger partial charge in [0.05, 0.1) is 20.6 Å². The van der Waals surface area contributed by atoms with Crippen molar-refractivity contribution >= 4 is 5.78 Å². The Balaban J connectivity index is 0.00000784.